The molecule has 0 spiro atoms. The van der Waals surface area contributed by atoms with Gasteiger partial charge in [-0.1, -0.05) is 19.1 Å². The summed E-state index contributed by atoms with van der Waals surface area (Å²) >= 11 is 0. The highest BCUT2D eigenvalue weighted by Crippen LogP contribution is 2.28. The first-order valence-electron chi connectivity index (χ1n) is 5.81. The van der Waals surface area contributed by atoms with Crippen LogP contribution in [-0.2, 0) is 19.5 Å². The summed E-state index contributed by atoms with van der Waals surface area (Å²) in [4.78, 5) is 9.88. The monoisotopic (exact) mass is 286 g/mol. The van der Waals surface area contributed by atoms with Crippen molar-refractivity contribution in [1.29, 1.82) is 0 Å². The number of aliphatic hydroxyl groups excluding tert-OH is 1. The number of carbonyl (C=O) groups is 1. The Kier molecular flexibility index (Phi) is 4.67. The largest absolute Gasteiger partial charge is 0.399 e. The second-order valence-electron chi connectivity index (χ2n) is 4.18. The van der Waals surface area contributed by atoms with Gasteiger partial charge in [-0.05, 0) is 17.7 Å². The molecule has 1 rings (SSSR count). The van der Waals surface area contributed by atoms with E-state index in [1.54, 1.807) is 0 Å². The van der Waals surface area contributed by atoms with Crippen LogP contribution in [0.4, 0.5) is 5.69 Å². The molecule has 1 aromatic rings. The van der Waals surface area contributed by atoms with Crippen molar-refractivity contribution in [3.63, 3.8) is 0 Å². The Morgan fingerprint density at radius 2 is 1.84 bits per heavy atom. The van der Waals surface area contributed by atoms with E-state index in [-0.39, 0.29) is 12.0 Å². The Hall–Kier alpha value is -1.44. The molecule has 0 saturated carbocycles. The molecule has 0 aliphatic carbocycles. The second kappa shape index (κ2) is 5.68. The van der Waals surface area contributed by atoms with Crippen molar-refractivity contribution in [3.05, 3.63) is 29.8 Å². The first kappa shape index (κ1) is 15.6. The predicted molar refractivity (Wildman–Crippen MR) is 72.9 cm³/mol. The van der Waals surface area contributed by atoms with Crippen molar-refractivity contribution >= 4 is 21.3 Å². The van der Waals surface area contributed by atoms with Gasteiger partial charge in [-0.3, -0.25) is 4.79 Å². The molecule has 106 valence electrons. The van der Waals surface area contributed by atoms with Crippen molar-refractivity contribution in [3.8, 4) is 0 Å². The van der Waals surface area contributed by atoms with Crippen LogP contribution in [0.5, 0.6) is 0 Å². The lowest BCUT2D eigenvalue weighted by Crippen LogP contribution is -2.52. The van der Waals surface area contributed by atoms with Crippen molar-refractivity contribution in [2.75, 3.05) is 18.1 Å². The zero-order valence-corrected chi connectivity index (χ0v) is 11.5. The van der Waals surface area contributed by atoms with Crippen LogP contribution in [0.1, 0.15) is 18.9 Å². The quantitative estimate of drug-likeness (QED) is 0.620. The summed E-state index contributed by atoms with van der Waals surface area (Å²) in [6.07, 6.45) is -0.0223. The van der Waals surface area contributed by atoms with Crippen molar-refractivity contribution < 1.29 is 18.3 Å². The average Bonchev–Trinajstić information content (AvgIpc) is 2.37. The highest BCUT2D eigenvalue weighted by molar-refractivity contribution is 7.93. The van der Waals surface area contributed by atoms with Gasteiger partial charge in [0.2, 0.25) is 4.87 Å². The molecule has 0 aliphatic rings. The molecule has 0 amide bonds. The molecule has 7 heteroatoms. The van der Waals surface area contributed by atoms with Crippen molar-refractivity contribution in [2.45, 2.75) is 18.2 Å². The Morgan fingerprint density at radius 3 is 2.26 bits per heavy atom. The smallest absolute Gasteiger partial charge is 0.203 e. The van der Waals surface area contributed by atoms with Crippen LogP contribution in [0.3, 0.4) is 0 Å². The van der Waals surface area contributed by atoms with E-state index in [1.165, 1.54) is 31.2 Å². The summed E-state index contributed by atoms with van der Waals surface area (Å²) in [6, 6.07) is 5.79. The van der Waals surface area contributed by atoms with E-state index in [4.69, 9.17) is 16.6 Å². The maximum Gasteiger partial charge on any atom is 0.203 e. The topological polar surface area (TPSA) is 123 Å². The molecule has 1 aromatic carbocycles. The van der Waals surface area contributed by atoms with Crippen LogP contribution in [0.15, 0.2) is 24.3 Å². The molecule has 5 N–H and O–H groups in total. The fourth-order valence-corrected chi connectivity index (χ4v) is 3.34. The maximum absolute atomic E-state index is 12.2. The van der Waals surface area contributed by atoms with Gasteiger partial charge in [0.05, 0.1) is 12.4 Å². The highest BCUT2D eigenvalue weighted by atomic mass is 32.2. The molecule has 1 unspecified atom stereocenters. The molecule has 0 heterocycles. The third kappa shape index (κ3) is 2.78. The van der Waals surface area contributed by atoms with Gasteiger partial charge >= 0.3 is 0 Å². The fraction of sp³-hybridized carbons (Fsp3) is 0.417. The first-order valence-corrected chi connectivity index (χ1v) is 7.46. The molecule has 0 aliphatic heterocycles. The Bertz CT molecular complexity index is 554. The zero-order chi connectivity index (χ0) is 14.7. The number of Topliss-reactive ketones (excluding diaryl/α,β-unsaturated/α-hetero) is 1. The van der Waals surface area contributed by atoms with E-state index in [1.807, 2.05) is 0 Å². The number of nitrogen functional groups attached to an aromatic ring is 1. The predicted octanol–water partition coefficient (Wildman–Crippen LogP) is -0.233. The summed E-state index contributed by atoms with van der Waals surface area (Å²) in [6.45, 7) is 0.947. The molecule has 0 aromatic heterocycles. The minimum atomic E-state index is -4.01. The summed E-state index contributed by atoms with van der Waals surface area (Å²) in [5.41, 5.74) is 12.0. The number of carbonyl (C=O) groups excluding carboxylic acids is 1. The lowest BCUT2D eigenvalue weighted by Gasteiger charge is -2.27. The minimum Gasteiger partial charge on any atom is -0.399 e. The average molecular weight is 286 g/mol. The van der Waals surface area contributed by atoms with Crippen LogP contribution in [0, 0.1) is 0 Å². The van der Waals surface area contributed by atoms with Gasteiger partial charge in [0.1, 0.15) is 0 Å². The SMILES string of the molecule is CCC(=O)C(N)(c1ccc(N)cc1)S(=O)(=O)CCO. The van der Waals surface area contributed by atoms with Gasteiger partial charge in [0, 0.05) is 12.1 Å². The lowest BCUT2D eigenvalue weighted by molar-refractivity contribution is -0.121. The summed E-state index contributed by atoms with van der Waals surface area (Å²) in [7, 11) is -4.01. The summed E-state index contributed by atoms with van der Waals surface area (Å²) in [5, 5.41) is 8.84. The standard InChI is InChI=1S/C12H18N2O4S/c1-2-11(16)12(14,19(17,18)8-7-15)9-3-5-10(13)6-4-9/h3-6,15H,2,7-8,13-14H2,1H3. The number of rotatable bonds is 6. The van der Waals surface area contributed by atoms with Gasteiger partial charge in [0.25, 0.3) is 0 Å². The van der Waals surface area contributed by atoms with Crippen LogP contribution >= 0.6 is 0 Å². The van der Waals surface area contributed by atoms with Crippen molar-refractivity contribution in [1.82, 2.24) is 0 Å². The van der Waals surface area contributed by atoms with E-state index in [0.29, 0.717) is 5.69 Å². The Labute approximate surface area is 112 Å². The van der Waals surface area contributed by atoms with Gasteiger partial charge in [-0.15, -0.1) is 0 Å². The number of hydrogen-bond acceptors (Lipinski definition) is 6. The van der Waals surface area contributed by atoms with Crippen LogP contribution in [0.2, 0.25) is 0 Å². The normalized spacial score (nSPS) is 14.9. The molecular formula is C12H18N2O4S. The minimum absolute atomic E-state index is 0.0223. The Balaban J connectivity index is 3.45. The lowest BCUT2D eigenvalue weighted by atomic mass is 10.0. The maximum atomic E-state index is 12.2. The van der Waals surface area contributed by atoms with E-state index in [9.17, 15) is 13.2 Å². The molecule has 0 radical (unpaired) electrons. The van der Waals surface area contributed by atoms with Crippen molar-refractivity contribution in [2.24, 2.45) is 5.73 Å². The highest BCUT2D eigenvalue weighted by Gasteiger charge is 2.46. The van der Waals surface area contributed by atoms with E-state index in [0.717, 1.165) is 0 Å². The van der Waals surface area contributed by atoms with Crippen LogP contribution < -0.4 is 11.5 Å². The number of nitrogens with two attached hydrogens (primary N) is 2. The number of hydrogen-bond donors (Lipinski definition) is 3. The molecular weight excluding hydrogens is 268 g/mol. The van der Waals surface area contributed by atoms with Gasteiger partial charge in [0.15, 0.2) is 15.6 Å². The number of ketones is 1. The molecule has 1 atom stereocenters. The summed E-state index contributed by atoms with van der Waals surface area (Å²) < 4.78 is 24.4. The molecule has 0 bridgehead atoms. The van der Waals surface area contributed by atoms with E-state index < -0.39 is 32.9 Å². The second-order valence-corrected chi connectivity index (χ2v) is 6.46. The molecule has 6 nitrogen and oxygen atoms in total. The number of sulfone groups is 1. The number of anilines is 1. The van der Waals surface area contributed by atoms with Crippen LogP contribution in [-0.4, -0.2) is 31.7 Å². The molecule has 0 fully saturated rings. The van der Waals surface area contributed by atoms with Crippen LogP contribution in [0.25, 0.3) is 0 Å². The van der Waals surface area contributed by atoms with E-state index in [2.05, 4.69) is 0 Å². The fourth-order valence-electron chi connectivity index (χ4n) is 1.79. The van der Waals surface area contributed by atoms with E-state index >= 15 is 0 Å². The summed E-state index contributed by atoms with van der Waals surface area (Å²) in [5.74, 6) is -1.19. The third-order valence-corrected chi connectivity index (χ3v) is 5.09. The Morgan fingerprint density at radius 1 is 1.32 bits per heavy atom. The number of aliphatic hydroxyl groups is 1. The van der Waals surface area contributed by atoms with Gasteiger partial charge in [-0.25, -0.2) is 8.42 Å². The molecule has 19 heavy (non-hydrogen) atoms. The van der Waals surface area contributed by atoms with Gasteiger partial charge < -0.3 is 16.6 Å². The first-order chi connectivity index (χ1) is 8.79. The van der Waals surface area contributed by atoms with Gasteiger partial charge in [-0.2, -0.15) is 0 Å². The molecule has 0 saturated heterocycles. The number of benzene rings is 1. The zero-order valence-electron chi connectivity index (χ0n) is 10.7. The third-order valence-electron chi connectivity index (χ3n) is 2.93.